The molecule has 1 aromatic carbocycles. The van der Waals surface area contributed by atoms with Gasteiger partial charge in [0.1, 0.15) is 17.7 Å². The van der Waals surface area contributed by atoms with Crippen LogP contribution in [-0.4, -0.2) is 27.1 Å². The first-order valence-electron chi connectivity index (χ1n) is 6.02. The minimum Gasteiger partial charge on any atom is -0.480 e. The molecule has 0 aliphatic carbocycles. The molecular weight excluding hydrogens is 268 g/mol. The third-order valence-corrected chi connectivity index (χ3v) is 3.37. The molecule has 1 aliphatic heterocycles. The molecule has 1 aliphatic rings. The number of rotatable bonds is 2. The zero-order chi connectivity index (χ0) is 14.3. The molecule has 0 saturated carbocycles. The van der Waals surface area contributed by atoms with Gasteiger partial charge in [-0.3, -0.25) is 10.1 Å². The fraction of sp³-hybridized carbons (Fsp3) is 0.231. The van der Waals surface area contributed by atoms with Crippen LogP contribution in [0.5, 0.6) is 0 Å². The standard InChI is InChI=1S/C13H11F2N3O2/c14-6-1-2-8(15)7(3-6)11-12-9(16-5-17-12)4-10(18-11)13(19)20/h1-3,5,10-11,18H,4H2,(H,16,17)(H,19,20)/t10-,11+/m0/s1. The van der Waals surface area contributed by atoms with E-state index in [1.54, 1.807) is 0 Å². The first kappa shape index (κ1) is 12.7. The first-order valence-corrected chi connectivity index (χ1v) is 6.02. The van der Waals surface area contributed by atoms with E-state index in [0.717, 1.165) is 18.2 Å². The van der Waals surface area contributed by atoms with E-state index in [1.165, 1.54) is 6.33 Å². The lowest BCUT2D eigenvalue weighted by molar-refractivity contribution is -0.139. The van der Waals surface area contributed by atoms with E-state index < -0.39 is 29.7 Å². The van der Waals surface area contributed by atoms with Gasteiger partial charge < -0.3 is 10.1 Å². The number of carboxylic acid groups (broad SMARTS) is 1. The number of nitrogens with zero attached hydrogens (tertiary/aromatic N) is 1. The van der Waals surface area contributed by atoms with Gasteiger partial charge in [-0.2, -0.15) is 0 Å². The number of halogens is 2. The van der Waals surface area contributed by atoms with E-state index >= 15 is 0 Å². The Kier molecular flexibility index (Phi) is 2.98. The number of fused-ring (bicyclic) bond motifs is 1. The molecule has 0 unspecified atom stereocenters. The van der Waals surface area contributed by atoms with Gasteiger partial charge in [0.2, 0.25) is 0 Å². The van der Waals surface area contributed by atoms with Gasteiger partial charge in [-0.25, -0.2) is 13.8 Å². The SMILES string of the molecule is O=C(O)[C@@H]1Cc2[nH]cnc2[C@@H](c2cc(F)ccc2F)N1. The van der Waals surface area contributed by atoms with Crippen molar-refractivity contribution in [1.29, 1.82) is 0 Å². The lowest BCUT2D eigenvalue weighted by Gasteiger charge is -2.28. The first-order chi connectivity index (χ1) is 9.56. The topological polar surface area (TPSA) is 78.0 Å². The van der Waals surface area contributed by atoms with E-state index in [1.807, 2.05) is 0 Å². The Morgan fingerprint density at radius 2 is 2.20 bits per heavy atom. The quantitative estimate of drug-likeness (QED) is 0.776. The van der Waals surface area contributed by atoms with Crippen molar-refractivity contribution in [2.24, 2.45) is 0 Å². The average molecular weight is 279 g/mol. The highest BCUT2D eigenvalue weighted by atomic mass is 19.1. The van der Waals surface area contributed by atoms with E-state index in [4.69, 9.17) is 5.11 Å². The number of imidazole rings is 1. The molecule has 2 heterocycles. The van der Waals surface area contributed by atoms with Crippen molar-refractivity contribution in [2.75, 3.05) is 0 Å². The fourth-order valence-electron chi connectivity index (χ4n) is 2.42. The van der Waals surface area contributed by atoms with E-state index in [-0.39, 0.29) is 12.0 Å². The Morgan fingerprint density at radius 1 is 1.40 bits per heavy atom. The normalized spacial score (nSPS) is 21.5. The largest absolute Gasteiger partial charge is 0.480 e. The molecule has 0 radical (unpaired) electrons. The van der Waals surface area contributed by atoms with Crippen molar-refractivity contribution in [1.82, 2.24) is 15.3 Å². The molecule has 2 atom stereocenters. The third kappa shape index (κ3) is 2.05. The molecular formula is C13H11F2N3O2. The van der Waals surface area contributed by atoms with Crippen LogP contribution in [0.4, 0.5) is 8.78 Å². The average Bonchev–Trinajstić information content (AvgIpc) is 2.88. The summed E-state index contributed by atoms with van der Waals surface area (Å²) in [6, 6.07) is 1.41. The number of hydrogen-bond acceptors (Lipinski definition) is 3. The van der Waals surface area contributed by atoms with Gasteiger partial charge in [0.25, 0.3) is 0 Å². The molecule has 3 N–H and O–H groups in total. The number of nitrogens with one attached hydrogen (secondary N) is 2. The Morgan fingerprint density at radius 3 is 2.95 bits per heavy atom. The summed E-state index contributed by atoms with van der Waals surface area (Å²) in [5.74, 6) is -2.24. The summed E-state index contributed by atoms with van der Waals surface area (Å²) < 4.78 is 27.2. The van der Waals surface area contributed by atoms with Gasteiger partial charge in [-0.15, -0.1) is 0 Å². The van der Waals surface area contributed by atoms with Crippen LogP contribution >= 0.6 is 0 Å². The summed E-state index contributed by atoms with van der Waals surface area (Å²) in [5.41, 5.74) is 1.15. The lowest BCUT2D eigenvalue weighted by atomic mass is 9.93. The van der Waals surface area contributed by atoms with Crippen molar-refractivity contribution in [3.05, 3.63) is 53.1 Å². The zero-order valence-corrected chi connectivity index (χ0v) is 10.2. The van der Waals surface area contributed by atoms with Crippen LogP contribution < -0.4 is 5.32 Å². The number of hydrogen-bond donors (Lipinski definition) is 3. The highest BCUT2D eigenvalue weighted by Crippen LogP contribution is 2.30. The molecule has 20 heavy (non-hydrogen) atoms. The second-order valence-electron chi connectivity index (χ2n) is 4.63. The van der Waals surface area contributed by atoms with Crippen molar-refractivity contribution >= 4 is 5.97 Å². The monoisotopic (exact) mass is 279 g/mol. The number of aliphatic carboxylic acids is 1. The van der Waals surface area contributed by atoms with Gasteiger partial charge >= 0.3 is 5.97 Å². The number of aromatic amines is 1. The van der Waals surface area contributed by atoms with E-state index in [0.29, 0.717) is 11.4 Å². The predicted molar refractivity (Wildman–Crippen MR) is 65.1 cm³/mol. The molecule has 2 aromatic rings. The van der Waals surface area contributed by atoms with Gasteiger partial charge in [0.15, 0.2) is 0 Å². The van der Waals surface area contributed by atoms with Crippen molar-refractivity contribution in [3.63, 3.8) is 0 Å². The summed E-state index contributed by atoms with van der Waals surface area (Å²) in [4.78, 5) is 18.1. The molecule has 7 heteroatoms. The second kappa shape index (κ2) is 4.68. The van der Waals surface area contributed by atoms with Crippen LogP contribution in [0, 0.1) is 11.6 Å². The van der Waals surface area contributed by atoms with E-state index in [9.17, 15) is 13.6 Å². The number of carboxylic acids is 1. The minimum absolute atomic E-state index is 0.0456. The highest BCUT2D eigenvalue weighted by molar-refractivity contribution is 5.74. The van der Waals surface area contributed by atoms with Gasteiger partial charge in [-0.05, 0) is 18.2 Å². The van der Waals surface area contributed by atoms with Crippen LogP contribution in [0.1, 0.15) is 23.0 Å². The number of H-pyrrole nitrogens is 1. The van der Waals surface area contributed by atoms with Gasteiger partial charge in [0.05, 0.1) is 18.1 Å². The van der Waals surface area contributed by atoms with Crippen LogP contribution in [0.15, 0.2) is 24.5 Å². The van der Waals surface area contributed by atoms with E-state index in [2.05, 4.69) is 15.3 Å². The Hall–Kier alpha value is -2.28. The maximum absolute atomic E-state index is 13.9. The highest BCUT2D eigenvalue weighted by Gasteiger charge is 2.34. The summed E-state index contributed by atoms with van der Waals surface area (Å²) >= 11 is 0. The Labute approximate surface area is 112 Å². The minimum atomic E-state index is -1.05. The Bertz CT molecular complexity index is 671. The van der Waals surface area contributed by atoms with Crippen LogP contribution in [0.25, 0.3) is 0 Å². The summed E-state index contributed by atoms with van der Waals surface area (Å²) in [5, 5.41) is 11.9. The lowest BCUT2D eigenvalue weighted by Crippen LogP contribution is -2.45. The van der Waals surface area contributed by atoms with Crippen LogP contribution in [-0.2, 0) is 11.2 Å². The molecule has 104 valence electrons. The van der Waals surface area contributed by atoms with Crippen molar-refractivity contribution in [2.45, 2.75) is 18.5 Å². The molecule has 0 fully saturated rings. The van der Waals surface area contributed by atoms with Crippen molar-refractivity contribution in [3.8, 4) is 0 Å². The summed E-state index contributed by atoms with van der Waals surface area (Å²) in [7, 11) is 0. The zero-order valence-electron chi connectivity index (χ0n) is 10.2. The molecule has 0 spiro atoms. The Balaban J connectivity index is 2.08. The summed E-state index contributed by atoms with van der Waals surface area (Å²) in [6.45, 7) is 0. The van der Waals surface area contributed by atoms with Crippen LogP contribution in [0.2, 0.25) is 0 Å². The molecule has 0 bridgehead atoms. The molecule has 0 amide bonds. The maximum atomic E-state index is 13.9. The number of aromatic nitrogens is 2. The maximum Gasteiger partial charge on any atom is 0.321 e. The fourth-order valence-corrected chi connectivity index (χ4v) is 2.42. The van der Waals surface area contributed by atoms with Crippen LogP contribution in [0.3, 0.4) is 0 Å². The predicted octanol–water partition coefficient (Wildman–Crippen LogP) is 1.38. The molecule has 5 nitrogen and oxygen atoms in total. The molecule has 3 rings (SSSR count). The molecule has 1 aromatic heterocycles. The van der Waals surface area contributed by atoms with Gasteiger partial charge in [-0.1, -0.05) is 0 Å². The number of carbonyl (C=O) groups is 1. The molecule has 0 saturated heterocycles. The van der Waals surface area contributed by atoms with Gasteiger partial charge in [0, 0.05) is 17.7 Å². The summed E-state index contributed by atoms with van der Waals surface area (Å²) in [6.07, 6.45) is 1.64. The third-order valence-electron chi connectivity index (χ3n) is 3.37. The van der Waals surface area contributed by atoms with Crippen molar-refractivity contribution < 1.29 is 18.7 Å². The second-order valence-corrected chi connectivity index (χ2v) is 4.63. The smallest absolute Gasteiger partial charge is 0.321 e. The number of benzene rings is 1.